The lowest BCUT2D eigenvalue weighted by atomic mass is 10.0. The first-order valence-corrected chi connectivity index (χ1v) is 8.75. The van der Waals surface area contributed by atoms with Crippen molar-refractivity contribution in [2.45, 2.75) is 25.2 Å². The number of hydrogen-bond donors (Lipinski definition) is 2. The van der Waals surface area contributed by atoms with Crippen molar-refractivity contribution >= 4 is 17.2 Å². The second kappa shape index (κ2) is 6.95. The molecule has 1 fully saturated rings. The highest BCUT2D eigenvalue weighted by molar-refractivity contribution is 5.62. The maximum absolute atomic E-state index is 14.5. The molecule has 1 saturated carbocycles. The molecule has 0 amide bonds. The van der Waals surface area contributed by atoms with Crippen molar-refractivity contribution < 1.29 is 13.2 Å². The summed E-state index contributed by atoms with van der Waals surface area (Å²) in [6.45, 7) is 0. The Kier molecular flexibility index (Phi) is 4.48. The van der Waals surface area contributed by atoms with Crippen LogP contribution in [0.15, 0.2) is 48.7 Å². The van der Waals surface area contributed by atoms with Crippen LogP contribution in [0.3, 0.4) is 0 Å². The van der Waals surface area contributed by atoms with Crippen molar-refractivity contribution in [3.8, 4) is 0 Å². The van der Waals surface area contributed by atoms with Gasteiger partial charge in [0.25, 0.3) is 0 Å². The molecule has 0 saturated heterocycles. The number of pyridine rings is 1. The maximum Gasteiger partial charge on any atom is 0.168 e. The van der Waals surface area contributed by atoms with Gasteiger partial charge in [-0.1, -0.05) is 12.1 Å². The van der Waals surface area contributed by atoms with Crippen LogP contribution in [0.4, 0.5) is 30.4 Å². The predicted molar refractivity (Wildman–Crippen MR) is 99.5 cm³/mol. The number of anilines is 3. The molecule has 2 aromatic carbocycles. The van der Waals surface area contributed by atoms with Crippen molar-refractivity contribution in [3.05, 3.63) is 82.8 Å². The van der Waals surface area contributed by atoms with E-state index in [2.05, 4.69) is 10.3 Å². The molecule has 1 aromatic heterocycles. The Labute approximate surface area is 155 Å². The van der Waals surface area contributed by atoms with E-state index < -0.39 is 17.5 Å². The van der Waals surface area contributed by atoms with E-state index in [1.54, 1.807) is 12.1 Å². The van der Waals surface area contributed by atoms with Crippen molar-refractivity contribution in [2.75, 3.05) is 11.1 Å². The van der Waals surface area contributed by atoms with Gasteiger partial charge in [-0.15, -0.1) is 0 Å². The van der Waals surface area contributed by atoms with E-state index in [1.807, 2.05) is 6.07 Å². The minimum Gasteiger partial charge on any atom is -0.381 e. The lowest BCUT2D eigenvalue weighted by Crippen LogP contribution is -2.02. The fourth-order valence-electron chi connectivity index (χ4n) is 3.08. The molecule has 0 aliphatic heterocycles. The molecule has 0 spiro atoms. The van der Waals surface area contributed by atoms with Crippen LogP contribution in [0.2, 0.25) is 0 Å². The summed E-state index contributed by atoms with van der Waals surface area (Å²) < 4.78 is 42.7. The van der Waals surface area contributed by atoms with Gasteiger partial charge < -0.3 is 11.1 Å². The third-order valence-corrected chi connectivity index (χ3v) is 4.74. The zero-order valence-electron chi connectivity index (χ0n) is 14.5. The van der Waals surface area contributed by atoms with Gasteiger partial charge in [-0.2, -0.15) is 0 Å². The summed E-state index contributed by atoms with van der Waals surface area (Å²) >= 11 is 0. The average molecular weight is 369 g/mol. The van der Waals surface area contributed by atoms with Gasteiger partial charge in [0.2, 0.25) is 0 Å². The van der Waals surface area contributed by atoms with Gasteiger partial charge in [-0.05, 0) is 65.8 Å². The van der Waals surface area contributed by atoms with Crippen molar-refractivity contribution in [3.63, 3.8) is 0 Å². The quantitative estimate of drug-likeness (QED) is 0.642. The highest BCUT2D eigenvalue weighted by Gasteiger charge is 2.24. The summed E-state index contributed by atoms with van der Waals surface area (Å²) in [5, 5.41) is 2.78. The minimum atomic E-state index is -0.599. The fourth-order valence-corrected chi connectivity index (χ4v) is 3.08. The molecule has 6 heteroatoms. The first-order chi connectivity index (χ1) is 13.0. The van der Waals surface area contributed by atoms with Crippen LogP contribution in [-0.2, 0) is 6.42 Å². The molecule has 3 nitrogen and oxygen atoms in total. The Morgan fingerprint density at radius 1 is 0.963 bits per heavy atom. The van der Waals surface area contributed by atoms with Crippen LogP contribution in [0, 0.1) is 17.5 Å². The Morgan fingerprint density at radius 3 is 2.33 bits per heavy atom. The second-order valence-corrected chi connectivity index (χ2v) is 6.80. The van der Waals surface area contributed by atoms with E-state index in [0.717, 1.165) is 18.4 Å². The number of benzene rings is 2. The Morgan fingerprint density at radius 2 is 1.67 bits per heavy atom. The van der Waals surface area contributed by atoms with Gasteiger partial charge in [-0.3, -0.25) is 0 Å². The lowest BCUT2D eigenvalue weighted by Gasteiger charge is -2.11. The molecule has 4 rings (SSSR count). The number of nitrogens with one attached hydrogen (secondary N) is 1. The van der Waals surface area contributed by atoms with E-state index in [-0.39, 0.29) is 23.6 Å². The van der Waals surface area contributed by atoms with Crippen molar-refractivity contribution in [1.29, 1.82) is 0 Å². The summed E-state index contributed by atoms with van der Waals surface area (Å²) in [4.78, 5) is 3.67. The number of halogens is 3. The monoisotopic (exact) mass is 369 g/mol. The summed E-state index contributed by atoms with van der Waals surface area (Å²) in [7, 11) is 0. The largest absolute Gasteiger partial charge is 0.381 e. The molecular formula is C21H18F3N3. The first-order valence-electron chi connectivity index (χ1n) is 8.75. The molecule has 0 radical (unpaired) electrons. The minimum absolute atomic E-state index is 0.159. The average Bonchev–Trinajstić information content (AvgIpc) is 3.48. The summed E-state index contributed by atoms with van der Waals surface area (Å²) in [5.74, 6) is -1.28. The molecule has 138 valence electrons. The van der Waals surface area contributed by atoms with Gasteiger partial charge in [-0.25, -0.2) is 18.2 Å². The Hall–Kier alpha value is -3.02. The number of nitrogen functional groups attached to an aromatic ring is 1. The molecule has 1 heterocycles. The van der Waals surface area contributed by atoms with Gasteiger partial charge >= 0.3 is 0 Å². The number of aromatic nitrogens is 1. The molecule has 0 bridgehead atoms. The lowest BCUT2D eigenvalue weighted by molar-refractivity contribution is 0.611. The highest BCUT2D eigenvalue weighted by atomic mass is 19.1. The van der Waals surface area contributed by atoms with E-state index in [0.29, 0.717) is 17.0 Å². The third-order valence-electron chi connectivity index (χ3n) is 4.74. The topological polar surface area (TPSA) is 50.9 Å². The smallest absolute Gasteiger partial charge is 0.168 e. The number of nitrogens with zero attached hydrogens (tertiary/aromatic N) is 1. The molecule has 0 atom stereocenters. The van der Waals surface area contributed by atoms with Crippen LogP contribution in [0.1, 0.15) is 35.4 Å². The number of nitrogens with two attached hydrogens (primary N) is 1. The van der Waals surface area contributed by atoms with E-state index in [4.69, 9.17) is 5.73 Å². The molecular weight excluding hydrogens is 351 g/mol. The highest BCUT2D eigenvalue weighted by Crippen LogP contribution is 2.41. The predicted octanol–water partition coefficient (Wildman–Crippen LogP) is 5.29. The number of rotatable bonds is 5. The molecule has 0 unspecified atom stereocenters. The van der Waals surface area contributed by atoms with Crippen LogP contribution in [0.25, 0.3) is 0 Å². The van der Waals surface area contributed by atoms with Crippen LogP contribution in [-0.4, -0.2) is 4.98 Å². The van der Waals surface area contributed by atoms with E-state index in [9.17, 15) is 13.2 Å². The summed E-state index contributed by atoms with van der Waals surface area (Å²) in [6.07, 6.45) is 3.77. The second-order valence-electron chi connectivity index (χ2n) is 6.80. The Balaban J connectivity index is 1.52. The molecule has 3 N–H and O–H groups in total. The summed E-state index contributed by atoms with van der Waals surface area (Å²) in [5.41, 5.74) is 7.73. The zero-order valence-corrected chi connectivity index (χ0v) is 14.5. The van der Waals surface area contributed by atoms with Crippen LogP contribution < -0.4 is 11.1 Å². The molecule has 27 heavy (non-hydrogen) atoms. The summed E-state index contributed by atoms with van der Waals surface area (Å²) in [6, 6.07) is 11.0. The third kappa shape index (κ3) is 3.74. The van der Waals surface area contributed by atoms with Gasteiger partial charge in [0.15, 0.2) is 11.6 Å². The zero-order chi connectivity index (χ0) is 19.0. The van der Waals surface area contributed by atoms with Gasteiger partial charge in [0, 0.05) is 12.6 Å². The normalized spacial score (nSPS) is 13.6. The van der Waals surface area contributed by atoms with Crippen LogP contribution >= 0.6 is 0 Å². The van der Waals surface area contributed by atoms with E-state index in [1.165, 1.54) is 30.5 Å². The number of hydrogen-bond acceptors (Lipinski definition) is 3. The molecule has 3 aromatic rings. The van der Waals surface area contributed by atoms with Crippen molar-refractivity contribution in [1.82, 2.24) is 4.98 Å². The van der Waals surface area contributed by atoms with Crippen LogP contribution in [0.5, 0.6) is 0 Å². The fraction of sp³-hybridized carbons (Fsp3) is 0.190. The van der Waals surface area contributed by atoms with Gasteiger partial charge in [0.1, 0.15) is 11.6 Å². The van der Waals surface area contributed by atoms with E-state index >= 15 is 0 Å². The molecule has 1 aliphatic rings. The van der Waals surface area contributed by atoms with Gasteiger partial charge in [0.05, 0.1) is 11.4 Å². The SMILES string of the molecule is Nc1nccc(Cc2ccc(Nc3ccc(C4CC4)cc3F)c(F)c2)c1F. The standard InChI is InChI=1S/C21H18F3N3/c22-16-10-12(9-15-7-8-26-21(25)20(15)24)1-5-18(16)27-19-6-4-14(11-17(19)23)13-2-3-13/h1,4-8,10-11,13,27H,2-3,9H2,(H2,25,26). The first kappa shape index (κ1) is 17.4. The van der Waals surface area contributed by atoms with Crippen molar-refractivity contribution in [2.24, 2.45) is 0 Å². The Bertz CT molecular complexity index is 1000. The maximum atomic E-state index is 14.5. The molecule has 1 aliphatic carbocycles.